The molecule has 3 rings (SSSR count). The Hall–Kier alpha value is -0.570. The van der Waals surface area contributed by atoms with Crippen LogP contribution in [0.1, 0.15) is 32.1 Å². The van der Waals surface area contributed by atoms with Crippen molar-refractivity contribution < 1.29 is 9.53 Å². The first-order chi connectivity index (χ1) is 6.16. The van der Waals surface area contributed by atoms with Gasteiger partial charge in [-0.3, -0.25) is 4.79 Å². The molecule has 1 unspecified atom stereocenters. The number of fused-ring (bicyclic) bond motifs is 3. The van der Waals surface area contributed by atoms with Crippen molar-refractivity contribution in [3.63, 3.8) is 0 Å². The van der Waals surface area contributed by atoms with Crippen LogP contribution in [0, 0.1) is 11.8 Å². The van der Waals surface area contributed by atoms with Crippen molar-refractivity contribution in [2.45, 2.75) is 37.6 Å². The smallest absolute Gasteiger partial charge is 0.326 e. The Morgan fingerprint density at radius 3 is 2.38 bits per heavy atom. The number of rotatable bonds is 1. The summed E-state index contributed by atoms with van der Waals surface area (Å²) in [5.74, 6) is 0.820. The highest BCUT2D eigenvalue weighted by molar-refractivity contribution is 5.81. The lowest BCUT2D eigenvalue weighted by Gasteiger charge is -2.47. The van der Waals surface area contributed by atoms with Gasteiger partial charge in [-0.2, -0.15) is 0 Å². The van der Waals surface area contributed by atoms with Gasteiger partial charge in [0, 0.05) is 0 Å². The lowest BCUT2D eigenvalue weighted by Crippen LogP contribution is -2.60. The van der Waals surface area contributed by atoms with E-state index in [1.165, 1.54) is 20.0 Å². The van der Waals surface area contributed by atoms with Gasteiger partial charge in [0.1, 0.15) is 5.54 Å². The molecule has 0 saturated heterocycles. The highest BCUT2D eigenvalue weighted by Crippen LogP contribution is 2.46. The lowest BCUT2D eigenvalue weighted by atomic mass is 9.61. The Morgan fingerprint density at radius 2 is 2.00 bits per heavy atom. The molecule has 3 heteroatoms. The Labute approximate surface area is 78.6 Å². The Morgan fingerprint density at radius 1 is 1.38 bits per heavy atom. The molecule has 3 saturated carbocycles. The zero-order valence-electron chi connectivity index (χ0n) is 8.08. The first-order valence-electron chi connectivity index (χ1n) is 5.04. The van der Waals surface area contributed by atoms with E-state index in [4.69, 9.17) is 10.5 Å². The van der Waals surface area contributed by atoms with Crippen molar-refractivity contribution in [3.8, 4) is 0 Å². The van der Waals surface area contributed by atoms with Gasteiger partial charge in [-0.1, -0.05) is 12.8 Å². The molecular formula is C10H17NO2. The van der Waals surface area contributed by atoms with Gasteiger partial charge in [-0.05, 0) is 31.1 Å². The third-order valence-corrected chi connectivity index (χ3v) is 3.77. The van der Waals surface area contributed by atoms with Gasteiger partial charge >= 0.3 is 5.97 Å². The topological polar surface area (TPSA) is 52.3 Å². The van der Waals surface area contributed by atoms with E-state index in [0.29, 0.717) is 11.8 Å². The average molecular weight is 183 g/mol. The van der Waals surface area contributed by atoms with Gasteiger partial charge in [0.25, 0.3) is 0 Å². The van der Waals surface area contributed by atoms with Crippen molar-refractivity contribution in [1.29, 1.82) is 0 Å². The van der Waals surface area contributed by atoms with Crippen LogP contribution in [0.2, 0.25) is 0 Å². The molecule has 0 amide bonds. The summed E-state index contributed by atoms with van der Waals surface area (Å²) >= 11 is 0. The predicted molar refractivity (Wildman–Crippen MR) is 49.0 cm³/mol. The minimum absolute atomic E-state index is 0.207. The van der Waals surface area contributed by atoms with Crippen molar-refractivity contribution in [2.24, 2.45) is 17.6 Å². The molecule has 2 N–H and O–H groups in total. The van der Waals surface area contributed by atoms with Crippen LogP contribution in [0.5, 0.6) is 0 Å². The molecule has 0 aliphatic heterocycles. The number of methoxy groups -OCH3 is 1. The van der Waals surface area contributed by atoms with Crippen LogP contribution >= 0.6 is 0 Å². The maximum absolute atomic E-state index is 11.5. The predicted octanol–water partition coefficient (Wildman–Crippen LogP) is 1.07. The molecular weight excluding hydrogens is 166 g/mol. The van der Waals surface area contributed by atoms with Crippen LogP contribution in [0.15, 0.2) is 0 Å². The maximum Gasteiger partial charge on any atom is 0.326 e. The molecule has 0 spiro atoms. The summed E-state index contributed by atoms with van der Waals surface area (Å²) in [6, 6.07) is 0. The number of carbonyl (C=O) groups excluding carboxylic acids is 1. The molecule has 0 radical (unpaired) electrons. The van der Waals surface area contributed by atoms with Gasteiger partial charge in [-0.25, -0.2) is 0 Å². The lowest BCUT2D eigenvalue weighted by molar-refractivity contribution is -0.154. The van der Waals surface area contributed by atoms with Crippen molar-refractivity contribution in [1.82, 2.24) is 0 Å². The van der Waals surface area contributed by atoms with E-state index in [1.54, 1.807) is 0 Å². The number of hydrogen-bond acceptors (Lipinski definition) is 3. The number of carbonyl (C=O) groups is 1. The van der Waals surface area contributed by atoms with E-state index in [1.807, 2.05) is 0 Å². The van der Waals surface area contributed by atoms with Crippen molar-refractivity contribution >= 4 is 5.97 Å². The third-order valence-electron chi connectivity index (χ3n) is 3.77. The van der Waals surface area contributed by atoms with Gasteiger partial charge < -0.3 is 10.5 Å². The molecule has 0 heterocycles. The molecule has 3 fully saturated rings. The summed E-state index contributed by atoms with van der Waals surface area (Å²) in [4.78, 5) is 11.5. The number of ether oxygens (including phenoxy) is 1. The second-order valence-corrected chi connectivity index (χ2v) is 4.45. The zero-order valence-corrected chi connectivity index (χ0v) is 8.08. The molecule has 3 aliphatic carbocycles. The van der Waals surface area contributed by atoms with E-state index < -0.39 is 5.54 Å². The van der Waals surface area contributed by atoms with Crippen molar-refractivity contribution in [3.05, 3.63) is 0 Å². The fraction of sp³-hybridized carbons (Fsp3) is 0.900. The van der Waals surface area contributed by atoms with Gasteiger partial charge in [0.2, 0.25) is 0 Å². The van der Waals surface area contributed by atoms with E-state index in [0.717, 1.165) is 19.3 Å². The fourth-order valence-corrected chi connectivity index (χ4v) is 2.97. The second kappa shape index (κ2) is 2.98. The summed E-state index contributed by atoms with van der Waals surface area (Å²) in [6.45, 7) is 0. The summed E-state index contributed by atoms with van der Waals surface area (Å²) in [7, 11) is 1.43. The van der Waals surface area contributed by atoms with Gasteiger partial charge in [0.05, 0.1) is 7.11 Å². The highest BCUT2D eigenvalue weighted by Gasteiger charge is 2.50. The summed E-state index contributed by atoms with van der Waals surface area (Å²) < 4.78 is 4.78. The molecule has 0 aromatic rings. The van der Waals surface area contributed by atoms with Crippen LogP contribution in [-0.2, 0) is 9.53 Å². The van der Waals surface area contributed by atoms with E-state index in [2.05, 4.69) is 0 Å². The summed E-state index contributed by atoms with van der Waals surface area (Å²) in [5, 5.41) is 0. The fourth-order valence-electron chi connectivity index (χ4n) is 2.97. The monoisotopic (exact) mass is 183 g/mol. The highest BCUT2D eigenvalue weighted by atomic mass is 16.5. The van der Waals surface area contributed by atoms with Crippen LogP contribution in [0.4, 0.5) is 0 Å². The van der Waals surface area contributed by atoms with Gasteiger partial charge in [0.15, 0.2) is 0 Å². The number of nitrogens with two attached hydrogens (primary N) is 1. The Kier molecular flexibility index (Phi) is 2.06. The largest absolute Gasteiger partial charge is 0.468 e. The van der Waals surface area contributed by atoms with Crippen LogP contribution in [0.3, 0.4) is 0 Å². The summed E-state index contributed by atoms with van der Waals surface area (Å²) in [5.41, 5.74) is 5.47. The molecule has 74 valence electrons. The normalized spacial score (nSPS) is 43.2. The van der Waals surface area contributed by atoms with Crippen LogP contribution in [-0.4, -0.2) is 18.6 Å². The standard InChI is InChI=1S/C10H17NO2/c1-13-9(12)10(11)6-7-2-4-8(10)5-3-7/h7-8H,2-6,11H2,1H3. The minimum atomic E-state index is -0.657. The molecule has 3 aliphatic rings. The Bertz CT molecular complexity index is 221. The molecule has 0 aromatic carbocycles. The average Bonchev–Trinajstić information content (AvgIpc) is 2.18. The Balaban J connectivity index is 2.18. The van der Waals surface area contributed by atoms with Crippen LogP contribution < -0.4 is 5.73 Å². The summed E-state index contributed by atoms with van der Waals surface area (Å²) in [6.07, 6.45) is 5.55. The quantitative estimate of drug-likeness (QED) is 0.618. The second-order valence-electron chi connectivity index (χ2n) is 4.45. The van der Waals surface area contributed by atoms with E-state index in [-0.39, 0.29) is 5.97 Å². The van der Waals surface area contributed by atoms with Crippen molar-refractivity contribution in [2.75, 3.05) is 7.11 Å². The minimum Gasteiger partial charge on any atom is -0.468 e. The molecule has 0 aromatic heterocycles. The zero-order chi connectivity index (χ0) is 9.47. The number of esters is 1. The van der Waals surface area contributed by atoms with Crippen LogP contribution in [0.25, 0.3) is 0 Å². The van der Waals surface area contributed by atoms with E-state index in [9.17, 15) is 4.79 Å². The van der Waals surface area contributed by atoms with Gasteiger partial charge in [-0.15, -0.1) is 0 Å². The van der Waals surface area contributed by atoms with E-state index >= 15 is 0 Å². The first-order valence-corrected chi connectivity index (χ1v) is 5.04. The third kappa shape index (κ3) is 1.26. The first kappa shape index (κ1) is 9.00. The molecule has 1 atom stereocenters. The number of hydrogen-bond donors (Lipinski definition) is 1. The molecule has 2 bridgehead atoms. The SMILES string of the molecule is COC(=O)C1(N)CC2CCC1CC2. The molecule has 3 nitrogen and oxygen atoms in total. The maximum atomic E-state index is 11.5. The molecule has 13 heavy (non-hydrogen) atoms.